The molecule has 2 amide bonds. The lowest BCUT2D eigenvalue weighted by Crippen LogP contribution is -2.38. The molecule has 106 valence electrons. The van der Waals surface area contributed by atoms with Crippen LogP contribution < -0.4 is 5.32 Å². The van der Waals surface area contributed by atoms with E-state index < -0.39 is 0 Å². The Bertz CT molecular complexity index is 411. The fourth-order valence-corrected chi connectivity index (χ4v) is 2.86. The highest BCUT2D eigenvalue weighted by molar-refractivity contribution is 5.73. The quantitative estimate of drug-likeness (QED) is 0.828. The molecular weight excluding hydrogens is 240 g/mol. The number of carbonyl (C=O) groups is 1. The van der Waals surface area contributed by atoms with Crippen LogP contribution in [0.4, 0.5) is 4.79 Å². The second-order valence-electron chi connectivity index (χ2n) is 5.55. The van der Waals surface area contributed by atoms with Crippen molar-refractivity contribution in [1.82, 2.24) is 20.2 Å². The molecule has 0 bridgehead atoms. The molecule has 1 fully saturated rings. The van der Waals surface area contributed by atoms with Crippen LogP contribution in [0.3, 0.4) is 0 Å². The van der Waals surface area contributed by atoms with Gasteiger partial charge in [-0.3, -0.25) is 0 Å². The molecule has 1 heterocycles. The molecule has 0 aliphatic heterocycles. The Balaban J connectivity index is 1.73. The number of aromatic amines is 1. The van der Waals surface area contributed by atoms with E-state index in [2.05, 4.69) is 29.1 Å². The maximum Gasteiger partial charge on any atom is 0.317 e. The number of H-pyrrole nitrogens is 1. The standard InChI is InChI=1S/C14H24N4O/c1-4-14(5-2)8-11(14)9-17-13(19)18(3)10-12-15-6-7-16-12/h6-7,11H,4-5,8-10H2,1-3H3,(H,15,16)(H,17,19)/t11-/m1/s1. The van der Waals surface area contributed by atoms with Gasteiger partial charge in [-0.25, -0.2) is 9.78 Å². The monoisotopic (exact) mass is 264 g/mol. The fourth-order valence-electron chi connectivity index (χ4n) is 2.86. The average molecular weight is 264 g/mol. The van der Waals surface area contributed by atoms with Crippen LogP contribution in [-0.4, -0.2) is 34.5 Å². The first-order valence-corrected chi connectivity index (χ1v) is 7.08. The van der Waals surface area contributed by atoms with E-state index in [0.717, 1.165) is 12.4 Å². The molecule has 2 N–H and O–H groups in total. The first-order valence-electron chi connectivity index (χ1n) is 7.08. The predicted octanol–water partition coefficient (Wildman–Crippen LogP) is 2.38. The second-order valence-corrected chi connectivity index (χ2v) is 5.55. The van der Waals surface area contributed by atoms with E-state index in [1.54, 1.807) is 24.3 Å². The van der Waals surface area contributed by atoms with Crippen molar-refractivity contribution in [1.29, 1.82) is 0 Å². The highest BCUT2D eigenvalue weighted by atomic mass is 16.2. The molecule has 0 aromatic carbocycles. The van der Waals surface area contributed by atoms with Crippen LogP contribution in [-0.2, 0) is 6.54 Å². The maximum absolute atomic E-state index is 12.0. The number of hydrogen-bond acceptors (Lipinski definition) is 2. The van der Waals surface area contributed by atoms with Crippen LogP contribution in [0.2, 0.25) is 0 Å². The van der Waals surface area contributed by atoms with E-state index in [0.29, 0.717) is 17.9 Å². The molecule has 0 spiro atoms. The van der Waals surface area contributed by atoms with E-state index >= 15 is 0 Å². The third-order valence-corrected chi connectivity index (χ3v) is 4.56. The zero-order valence-electron chi connectivity index (χ0n) is 12.1. The molecule has 1 atom stereocenters. The number of carbonyl (C=O) groups excluding carboxylic acids is 1. The van der Waals surface area contributed by atoms with E-state index in [4.69, 9.17) is 0 Å². The Morgan fingerprint density at radius 1 is 1.58 bits per heavy atom. The van der Waals surface area contributed by atoms with Crippen LogP contribution in [0, 0.1) is 11.3 Å². The molecule has 1 aromatic rings. The summed E-state index contributed by atoms with van der Waals surface area (Å²) in [6.07, 6.45) is 7.14. The summed E-state index contributed by atoms with van der Waals surface area (Å²) in [4.78, 5) is 20.7. The van der Waals surface area contributed by atoms with Gasteiger partial charge in [0.25, 0.3) is 0 Å². The summed E-state index contributed by atoms with van der Waals surface area (Å²) in [5, 5.41) is 3.03. The van der Waals surface area contributed by atoms with Crippen molar-refractivity contribution in [3.8, 4) is 0 Å². The fraction of sp³-hybridized carbons (Fsp3) is 0.714. The van der Waals surface area contributed by atoms with Gasteiger partial charge in [0.05, 0.1) is 6.54 Å². The Labute approximate surface area is 114 Å². The lowest BCUT2D eigenvalue weighted by molar-refractivity contribution is 0.204. The minimum atomic E-state index is -0.0237. The van der Waals surface area contributed by atoms with E-state index in [1.807, 2.05) is 0 Å². The van der Waals surface area contributed by atoms with Gasteiger partial charge in [0.2, 0.25) is 0 Å². The number of imidazole rings is 1. The number of hydrogen-bond donors (Lipinski definition) is 2. The molecule has 1 aliphatic rings. The van der Waals surface area contributed by atoms with Gasteiger partial charge < -0.3 is 15.2 Å². The number of urea groups is 1. The number of rotatable bonds is 6. The molecular formula is C14H24N4O. The molecule has 5 nitrogen and oxygen atoms in total. The van der Waals surface area contributed by atoms with Gasteiger partial charge >= 0.3 is 6.03 Å². The third kappa shape index (κ3) is 3.08. The van der Waals surface area contributed by atoms with Crippen LogP contribution in [0.15, 0.2) is 12.4 Å². The highest BCUT2D eigenvalue weighted by Gasteiger charge is 2.50. The summed E-state index contributed by atoms with van der Waals surface area (Å²) in [6, 6.07) is -0.0237. The first-order chi connectivity index (χ1) is 9.11. The van der Waals surface area contributed by atoms with Crippen LogP contribution in [0.5, 0.6) is 0 Å². The van der Waals surface area contributed by atoms with Crippen molar-refractivity contribution < 1.29 is 4.79 Å². The minimum absolute atomic E-state index is 0.0237. The zero-order valence-corrected chi connectivity index (χ0v) is 12.1. The van der Waals surface area contributed by atoms with Gasteiger partial charge in [-0.05, 0) is 17.8 Å². The molecule has 2 rings (SSSR count). The number of aromatic nitrogens is 2. The van der Waals surface area contributed by atoms with Gasteiger partial charge in [-0.1, -0.05) is 26.7 Å². The molecule has 1 aliphatic carbocycles. The van der Waals surface area contributed by atoms with Crippen molar-refractivity contribution >= 4 is 6.03 Å². The lowest BCUT2D eigenvalue weighted by atomic mass is 9.97. The van der Waals surface area contributed by atoms with E-state index in [-0.39, 0.29) is 6.03 Å². The first kappa shape index (κ1) is 13.9. The number of amides is 2. The third-order valence-electron chi connectivity index (χ3n) is 4.56. The Morgan fingerprint density at radius 2 is 2.32 bits per heavy atom. The maximum atomic E-state index is 12.0. The van der Waals surface area contributed by atoms with Gasteiger partial charge in [0, 0.05) is 26.0 Å². The van der Waals surface area contributed by atoms with Crippen molar-refractivity contribution in [3.63, 3.8) is 0 Å². The largest absolute Gasteiger partial charge is 0.347 e. The number of nitrogens with one attached hydrogen (secondary N) is 2. The lowest BCUT2D eigenvalue weighted by Gasteiger charge is -2.18. The van der Waals surface area contributed by atoms with Crippen molar-refractivity contribution in [3.05, 3.63) is 18.2 Å². The van der Waals surface area contributed by atoms with Crippen LogP contribution >= 0.6 is 0 Å². The second kappa shape index (κ2) is 5.63. The summed E-state index contributed by atoms with van der Waals surface area (Å²) in [5.41, 5.74) is 0.493. The SMILES string of the molecule is CCC1(CC)C[C@@H]1CNC(=O)N(C)Cc1ncc[nH]1. The smallest absolute Gasteiger partial charge is 0.317 e. The van der Waals surface area contributed by atoms with Crippen LogP contribution in [0.25, 0.3) is 0 Å². The van der Waals surface area contributed by atoms with Crippen LogP contribution in [0.1, 0.15) is 38.9 Å². The van der Waals surface area contributed by atoms with Gasteiger partial charge in [0.1, 0.15) is 5.82 Å². The molecule has 1 saturated carbocycles. The summed E-state index contributed by atoms with van der Waals surface area (Å²) >= 11 is 0. The summed E-state index contributed by atoms with van der Waals surface area (Å²) in [6.45, 7) is 5.79. The highest BCUT2D eigenvalue weighted by Crippen LogP contribution is 2.57. The number of nitrogens with zero attached hydrogens (tertiary/aromatic N) is 2. The molecule has 19 heavy (non-hydrogen) atoms. The summed E-state index contributed by atoms with van der Waals surface area (Å²) in [5.74, 6) is 1.46. The Hall–Kier alpha value is -1.52. The molecule has 1 aromatic heterocycles. The van der Waals surface area contributed by atoms with Crippen molar-refractivity contribution in [2.24, 2.45) is 11.3 Å². The van der Waals surface area contributed by atoms with Gasteiger partial charge in [-0.2, -0.15) is 0 Å². The van der Waals surface area contributed by atoms with Crippen molar-refractivity contribution in [2.75, 3.05) is 13.6 Å². The Kier molecular flexibility index (Phi) is 4.12. The average Bonchev–Trinajstić information content (AvgIpc) is 2.90. The predicted molar refractivity (Wildman–Crippen MR) is 74.6 cm³/mol. The Morgan fingerprint density at radius 3 is 2.84 bits per heavy atom. The normalized spacial score (nSPS) is 20.1. The summed E-state index contributed by atoms with van der Waals surface area (Å²) < 4.78 is 0. The van der Waals surface area contributed by atoms with Gasteiger partial charge in [-0.15, -0.1) is 0 Å². The molecule has 0 unspecified atom stereocenters. The van der Waals surface area contributed by atoms with E-state index in [1.165, 1.54) is 19.3 Å². The molecule has 0 saturated heterocycles. The molecule has 0 radical (unpaired) electrons. The minimum Gasteiger partial charge on any atom is -0.347 e. The van der Waals surface area contributed by atoms with Crippen molar-refractivity contribution in [2.45, 2.75) is 39.7 Å². The van der Waals surface area contributed by atoms with Gasteiger partial charge in [0.15, 0.2) is 0 Å². The zero-order chi connectivity index (χ0) is 13.9. The summed E-state index contributed by atoms with van der Waals surface area (Å²) in [7, 11) is 1.79. The molecule has 5 heteroatoms. The topological polar surface area (TPSA) is 61.0 Å². The van der Waals surface area contributed by atoms with E-state index in [9.17, 15) is 4.79 Å².